The third kappa shape index (κ3) is 3.54. The number of aromatic nitrogens is 4. The highest BCUT2D eigenvalue weighted by Gasteiger charge is 2.40. The fraction of sp³-hybridized carbons (Fsp3) is 0.0750. The van der Waals surface area contributed by atoms with Gasteiger partial charge >= 0.3 is 0 Å². The first-order chi connectivity index (χ1) is 21.6. The minimum Gasteiger partial charge on any atom is -0.292 e. The van der Waals surface area contributed by atoms with E-state index in [1.807, 2.05) is 12.4 Å². The maximum Gasteiger partial charge on any atom is 0.165 e. The second-order valence-electron chi connectivity index (χ2n) is 12.1. The average Bonchev–Trinajstić information content (AvgIpc) is 3.51. The van der Waals surface area contributed by atoms with Crippen molar-refractivity contribution < 1.29 is 0 Å². The number of para-hydroxylation sites is 1. The zero-order valence-corrected chi connectivity index (χ0v) is 24.5. The van der Waals surface area contributed by atoms with E-state index in [9.17, 15) is 0 Å². The third-order valence-electron chi connectivity index (χ3n) is 9.23. The van der Waals surface area contributed by atoms with Gasteiger partial charge in [-0.05, 0) is 63.9 Å². The summed E-state index contributed by atoms with van der Waals surface area (Å²) in [5, 5.41) is 4.84. The van der Waals surface area contributed by atoms with E-state index < -0.39 is 0 Å². The van der Waals surface area contributed by atoms with Crippen LogP contribution in [0.2, 0.25) is 0 Å². The van der Waals surface area contributed by atoms with E-state index in [2.05, 4.69) is 145 Å². The summed E-state index contributed by atoms with van der Waals surface area (Å²) < 4.78 is 2.32. The van der Waals surface area contributed by atoms with Crippen molar-refractivity contribution in [2.45, 2.75) is 19.3 Å². The van der Waals surface area contributed by atoms with Crippen LogP contribution in [0.25, 0.3) is 72.0 Å². The van der Waals surface area contributed by atoms with E-state index in [1.165, 1.54) is 27.1 Å². The zero-order chi connectivity index (χ0) is 29.4. The topological polar surface area (TPSA) is 43.6 Å². The summed E-state index contributed by atoms with van der Waals surface area (Å²) in [4.78, 5) is 15.4. The molecule has 1 aliphatic carbocycles. The summed E-state index contributed by atoms with van der Waals surface area (Å²) in [7, 11) is 0. The molecule has 0 unspecified atom stereocenters. The van der Waals surface area contributed by atoms with Gasteiger partial charge in [0.25, 0.3) is 0 Å². The quantitative estimate of drug-likeness (QED) is 0.215. The molecule has 208 valence electrons. The monoisotopic (exact) mass is 564 g/mol. The average molecular weight is 565 g/mol. The summed E-state index contributed by atoms with van der Waals surface area (Å²) in [6, 6.07) is 43.2. The number of nitrogens with zero attached hydrogens (tertiary/aromatic N) is 4. The number of pyridine rings is 1. The van der Waals surface area contributed by atoms with Crippen LogP contribution in [0.15, 0.2) is 134 Å². The van der Waals surface area contributed by atoms with Crippen molar-refractivity contribution in [1.29, 1.82) is 0 Å². The molecular formula is C40H28N4. The van der Waals surface area contributed by atoms with Gasteiger partial charge in [-0.2, -0.15) is 0 Å². The molecule has 8 aromatic rings. The summed E-state index contributed by atoms with van der Waals surface area (Å²) in [6.07, 6.45) is 3.69. The van der Waals surface area contributed by atoms with Gasteiger partial charge in [0.2, 0.25) is 0 Å². The molecule has 1 aliphatic rings. The molecule has 0 bridgehead atoms. The molecule has 0 saturated heterocycles. The van der Waals surface area contributed by atoms with Gasteiger partial charge in [0.15, 0.2) is 5.82 Å². The molecule has 0 amide bonds. The zero-order valence-electron chi connectivity index (χ0n) is 24.5. The third-order valence-corrected chi connectivity index (χ3v) is 9.23. The molecule has 4 heteroatoms. The summed E-state index contributed by atoms with van der Waals surface area (Å²) in [5.74, 6) is 0.842. The Kier molecular flexibility index (Phi) is 5.21. The van der Waals surface area contributed by atoms with Crippen LogP contribution < -0.4 is 0 Å². The van der Waals surface area contributed by atoms with Crippen LogP contribution in [0.3, 0.4) is 0 Å². The fourth-order valence-electron chi connectivity index (χ4n) is 7.02. The lowest BCUT2D eigenvalue weighted by Gasteiger charge is -2.21. The smallest absolute Gasteiger partial charge is 0.165 e. The van der Waals surface area contributed by atoms with Crippen molar-refractivity contribution in [3.8, 4) is 39.5 Å². The first-order valence-electron chi connectivity index (χ1n) is 15.0. The molecule has 5 aromatic carbocycles. The maximum atomic E-state index is 5.61. The standard InChI is InChI=1S/C40H28N4/c1-40(2)33-17-16-29(25-18-20-41-21-19-25)23-32(33)37-38(40)42-36(26-10-4-3-5-11-26)39(43-37)44-34-15-9-8-14-30(34)31-22-27-12-6-7-13-28(27)24-35(31)44/h3-24H,1-2H3. The van der Waals surface area contributed by atoms with Gasteiger partial charge in [-0.1, -0.05) is 98.8 Å². The highest BCUT2D eigenvalue weighted by molar-refractivity contribution is 6.13. The van der Waals surface area contributed by atoms with Crippen molar-refractivity contribution in [1.82, 2.24) is 19.5 Å². The molecule has 0 aliphatic heterocycles. The Bertz CT molecular complexity index is 2400. The first-order valence-corrected chi connectivity index (χ1v) is 15.0. The number of hydrogen-bond acceptors (Lipinski definition) is 3. The molecule has 3 aromatic heterocycles. The molecule has 9 rings (SSSR count). The molecule has 0 N–H and O–H groups in total. The highest BCUT2D eigenvalue weighted by atomic mass is 15.1. The fourth-order valence-corrected chi connectivity index (χ4v) is 7.02. The van der Waals surface area contributed by atoms with Crippen molar-refractivity contribution >= 4 is 32.6 Å². The summed E-state index contributed by atoms with van der Waals surface area (Å²) >= 11 is 0. The van der Waals surface area contributed by atoms with E-state index in [-0.39, 0.29) is 5.41 Å². The van der Waals surface area contributed by atoms with Crippen LogP contribution in [-0.4, -0.2) is 19.5 Å². The van der Waals surface area contributed by atoms with E-state index in [0.717, 1.165) is 56.2 Å². The van der Waals surface area contributed by atoms with E-state index in [1.54, 1.807) is 0 Å². The molecule has 0 radical (unpaired) electrons. The molecule has 44 heavy (non-hydrogen) atoms. The lowest BCUT2D eigenvalue weighted by atomic mass is 9.84. The van der Waals surface area contributed by atoms with Crippen molar-refractivity contribution in [3.63, 3.8) is 0 Å². The van der Waals surface area contributed by atoms with E-state index in [4.69, 9.17) is 9.97 Å². The summed E-state index contributed by atoms with van der Waals surface area (Å²) in [6.45, 7) is 4.53. The number of fused-ring (bicyclic) bond motifs is 7. The van der Waals surface area contributed by atoms with Crippen molar-refractivity contribution in [2.24, 2.45) is 0 Å². The second kappa shape index (κ2) is 9.19. The summed E-state index contributed by atoms with van der Waals surface area (Å²) in [5.41, 5.74) is 10.5. The SMILES string of the molecule is CC1(C)c2ccc(-c3ccncc3)cc2-c2nc(-n3c4ccccc4c4cc5ccccc5cc43)c(-c3ccccc3)nc21. The van der Waals surface area contributed by atoms with Crippen LogP contribution in [0.5, 0.6) is 0 Å². The Morgan fingerprint density at radius 1 is 0.545 bits per heavy atom. The van der Waals surface area contributed by atoms with Gasteiger partial charge in [-0.3, -0.25) is 9.55 Å². The minimum absolute atomic E-state index is 0.298. The van der Waals surface area contributed by atoms with E-state index >= 15 is 0 Å². The number of benzene rings is 5. The van der Waals surface area contributed by atoms with Crippen molar-refractivity contribution in [3.05, 3.63) is 145 Å². The lowest BCUT2D eigenvalue weighted by molar-refractivity contribution is 0.635. The normalized spacial score (nSPS) is 13.4. The first kappa shape index (κ1) is 24.9. The maximum absolute atomic E-state index is 5.61. The second-order valence-corrected chi connectivity index (χ2v) is 12.1. The van der Waals surface area contributed by atoms with Crippen LogP contribution in [0.1, 0.15) is 25.1 Å². The Labute approximate surface area is 255 Å². The Morgan fingerprint density at radius 3 is 2.09 bits per heavy atom. The minimum atomic E-state index is -0.298. The van der Waals surface area contributed by atoms with Crippen molar-refractivity contribution in [2.75, 3.05) is 0 Å². The number of rotatable bonds is 3. The predicted molar refractivity (Wildman–Crippen MR) is 180 cm³/mol. The molecule has 4 nitrogen and oxygen atoms in total. The van der Waals surface area contributed by atoms with Crippen LogP contribution in [0, 0.1) is 0 Å². The Morgan fingerprint density at radius 2 is 1.27 bits per heavy atom. The van der Waals surface area contributed by atoms with Gasteiger partial charge in [0, 0.05) is 39.7 Å². The predicted octanol–water partition coefficient (Wildman–Crippen LogP) is 9.76. The Hall–Kier alpha value is -5.61. The molecular weight excluding hydrogens is 536 g/mol. The highest BCUT2D eigenvalue weighted by Crippen LogP contribution is 2.49. The molecule has 3 heterocycles. The van der Waals surface area contributed by atoms with Crippen LogP contribution in [0.4, 0.5) is 0 Å². The largest absolute Gasteiger partial charge is 0.292 e. The molecule has 0 fully saturated rings. The van der Waals surface area contributed by atoms with E-state index in [0.29, 0.717) is 0 Å². The molecule has 0 saturated carbocycles. The van der Waals surface area contributed by atoms with Gasteiger partial charge in [0.1, 0.15) is 5.69 Å². The number of hydrogen-bond donors (Lipinski definition) is 0. The van der Waals surface area contributed by atoms with Crippen LogP contribution >= 0.6 is 0 Å². The van der Waals surface area contributed by atoms with Crippen LogP contribution in [-0.2, 0) is 5.41 Å². The van der Waals surface area contributed by atoms with Gasteiger partial charge in [-0.15, -0.1) is 0 Å². The lowest BCUT2D eigenvalue weighted by Crippen LogP contribution is -2.18. The van der Waals surface area contributed by atoms with Gasteiger partial charge in [-0.25, -0.2) is 9.97 Å². The molecule has 0 atom stereocenters. The van der Waals surface area contributed by atoms with Gasteiger partial charge < -0.3 is 0 Å². The Balaban J connectivity index is 1.40. The molecule has 0 spiro atoms. The van der Waals surface area contributed by atoms with Gasteiger partial charge in [0.05, 0.1) is 22.4 Å².